The van der Waals surface area contributed by atoms with Crippen molar-refractivity contribution in [3.63, 3.8) is 0 Å². The highest BCUT2D eigenvalue weighted by Gasteiger charge is 2.04. The number of nitrogens with two attached hydrogens (primary N) is 2. The van der Waals surface area contributed by atoms with E-state index in [1.165, 1.54) is 0 Å². The maximum Gasteiger partial charge on any atom is 0.309 e. The first-order valence-corrected chi connectivity index (χ1v) is 2.46. The van der Waals surface area contributed by atoms with E-state index >= 15 is 0 Å². The molecule has 0 fully saturated rings. The van der Waals surface area contributed by atoms with Crippen molar-refractivity contribution in [2.75, 3.05) is 13.1 Å². The van der Waals surface area contributed by atoms with E-state index in [1.54, 1.807) is 0 Å². The van der Waals surface area contributed by atoms with Crippen molar-refractivity contribution in [2.24, 2.45) is 11.5 Å². The van der Waals surface area contributed by atoms with Gasteiger partial charge < -0.3 is 16.8 Å². The van der Waals surface area contributed by atoms with Crippen LogP contribution >= 0.6 is 0 Å². The molecule has 0 aliphatic heterocycles. The first kappa shape index (κ1) is 7.90. The van der Waals surface area contributed by atoms with E-state index in [9.17, 15) is 9.59 Å². The summed E-state index contributed by atoms with van der Waals surface area (Å²) >= 11 is 0. The van der Waals surface area contributed by atoms with Crippen molar-refractivity contribution in [3.8, 4) is 0 Å². The maximum absolute atomic E-state index is 10.3. The third kappa shape index (κ3) is 3.48. The zero-order valence-electron chi connectivity index (χ0n) is 4.89. The normalized spacial score (nSPS) is 8.56. The fourth-order valence-electron chi connectivity index (χ4n) is 0.273. The predicted octanol–water partition coefficient (Wildman–Crippen LogP) is -2.45. The van der Waals surface area contributed by atoms with Crippen LogP contribution in [0.25, 0.3) is 0 Å². The Hall–Kier alpha value is -1.10. The molecule has 5 heteroatoms. The highest BCUT2D eigenvalue weighted by Crippen LogP contribution is 1.59. The van der Waals surface area contributed by atoms with Crippen LogP contribution < -0.4 is 16.8 Å². The molecule has 0 radical (unpaired) electrons. The molecule has 0 heterocycles. The van der Waals surface area contributed by atoms with E-state index in [0.717, 1.165) is 0 Å². The second-order valence-electron chi connectivity index (χ2n) is 1.41. The Kier molecular flexibility index (Phi) is 3.38. The molecular formula is C4H9N3O2. The minimum absolute atomic E-state index is 0.280. The van der Waals surface area contributed by atoms with Gasteiger partial charge in [-0.3, -0.25) is 9.59 Å². The summed E-state index contributed by atoms with van der Waals surface area (Å²) in [5.74, 6) is -1.77. The van der Waals surface area contributed by atoms with E-state index in [2.05, 4.69) is 11.1 Å². The second kappa shape index (κ2) is 3.85. The molecule has 0 aromatic heterocycles. The third-order valence-electron chi connectivity index (χ3n) is 0.654. The van der Waals surface area contributed by atoms with Crippen LogP contribution in [0.1, 0.15) is 0 Å². The van der Waals surface area contributed by atoms with Gasteiger partial charge in [-0.15, -0.1) is 0 Å². The summed E-state index contributed by atoms with van der Waals surface area (Å²) in [6, 6.07) is 0. The number of nitrogens with one attached hydrogen (secondary N) is 1. The van der Waals surface area contributed by atoms with Gasteiger partial charge in [-0.25, -0.2) is 0 Å². The molecule has 9 heavy (non-hydrogen) atoms. The molecule has 0 unspecified atom stereocenters. The molecule has 0 rings (SSSR count). The van der Waals surface area contributed by atoms with E-state index in [0.29, 0.717) is 6.54 Å². The highest BCUT2D eigenvalue weighted by molar-refractivity contribution is 6.34. The predicted molar refractivity (Wildman–Crippen MR) is 31.3 cm³/mol. The smallest absolute Gasteiger partial charge is 0.309 e. The number of rotatable bonds is 2. The third-order valence-corrected chi connectivity index (χ3v) is 0.654. The van der Waals surface area contributed by atoms with Gasteiger partial charge in [-0.05, 0) is 0 Å². The Bertz CT molecular complexity index is 123. The van der Waals surface area contributed by atoms with Gasteiger partial charge in [0, 0.05) is 13.1 Å². The Morgan fingerprint density at radius 2 is 2.00 bits per heavy atom. The Morgan fingerprint density at radius 1 is 1.44 bits per heavy atom. The molecule has 0 saturated heterocycles. The number of primary amides is 1. The number of carbonyl (C=O) groups excluding carboxylic acids is 2. The highest BCUT2D eigenvalue weighted by atomic mass is 16.2. The maximum atomic E-state index is 10.3. The van der Waals surface area contributed by atoms with Crippen molar-refractivity contribution >= 4 is 11.8 Å². The molecule has 52 valence electrons. The average Bonchev–Trinajstić information content (AvgIpc) is 1.82. The van der Waals surface area contributed by atoms with Crippen LogP contribution in [0.15, 0.2) is 0 Å². The summed E-state index contributed by atoms with van der Waals surface area (Å²) in [7, 11) is 0. The average molecular weight is 131 g/mol. The van der Waals surface area contributed by atoms with Gasteiger partial charge in [0.15, 0.2) is 0 Å². The lowest BCUT2D eigenvalue weighted by molar-refractivity contribution is -0.137. The molecular weight excluding hydrogens is 122 g/mol. The van der Waals surface area contributed by atoms with Gasteiger partial charge in [0.1, 0.15) is 0 Å². The SMILES string of the molecule is NCCNC(=O)C(N)=O. The molecule has 0 atom stereocenters. The number of amides is 2. The molecule has 5 N–H and O–H groups in total. The lowest BCUT2D eigenvalue weighted by atomic mass is 10.5. The summed E-state index contributed by atoms with van der Waals surface area (Å²) in [4.78, 5) is 20.2. The fraction of sp³-hybridized carbons (Fsp3) is 0.500. The van der Waals surface area contributed by atoms with Crippen LogP contribution in [0.3, 0.4) is 0 Å². The van der Waals surface area contributed by atoms with E-state index in [1.807, 2.05) is 0 Å². The van der Waals surface area contributed by atoms with Crippen molar-refractivity contribution < 1.29 is 9.59 Å². The molecule has 0 saturated carbocycles. The van der Waals surface area contributed by atoms with Crippen molar-refractivity contribution in [2.45, 2.75) is 0 Å². The van der Waals surface area contributed by atoms with E-state index in [-0.39, 0.29) is 6.54 Å². The molecule has 0 aromatic carbocycles. The summed E-state index contributed by atoms with van der Waals surface area (Å²) in [5.41, 5.74) is 9.60. The molecule has 0 aromatic rings. The van der Waals surface area contributed by atoms with Gasteiger partial charge in [0.25, 0.3) is 0 Å². The van der Waals surface area contributed by atoms with Crippen LogP contribution in [0.5, 0.6) is 0 Å². The van der Waals surface area contributed by atoms with Crippen molar-refractivity contribution in [1.82, 2.24) is 5.32 Å². The van der Waals surface area contributed by atoms with E-state index in [4.69, 9.17) is 5.73 Å². The van der Waals surface area contributed by atoms with Crippen LogP contribution in [0.4, 0.5) is 0 Å². The minimum Gasteiger partial charge on any atom is -0.361 e. The van der Waals surface area contributed by atoms with E-state index < -0.39 is 11.8 Å². The zero-order valence-corrected chi connectivity index (χ0v) is 4.89. The van der Waals surface area contributed by atoms with Gasteiger partial charge >= 0.3 is 11.8 Å². The van der Waals surface area contributed by atoms with Crippen LogP contribution in [-0.2, 0) is 9.59 Å². The number of carbonyl (C=O) groups is 2. The molecule has 0 bridgehead atoms. The first-order chi connectivity index (χ1) is 4.18. The summed E-state index contributed by atoms with van der Waals surface area (Å²) in [6.45, 7) is 0.584. The Labute approximate surface area is 52.4 Å². The Morgan fingerprint density at radius 3 is 2.33 bits per heavy atom. The quantitative estimate of drug-likeness (QED) is 0.363. The van der Waals surface area contributed by atoms with Crippen molar-refractivity contribution in [1.29, 1.82) is 0 Å². The lowest BCUT2D eigenvalue weighted by Crippen LogP contribution is -2.38. The minimum atomic E-state index is -0.983. The number of hydrogen-bond donors (Lipinski definition) is 3. The van der Waals surface area contributed by atoms with Gasteiger partial charge in [0.05, 0.1) is 0 Å². The summed E-state index contributed by atoms with van der Waals surface area (Å²) < 4.78 is 0. The fourth-order valence-corrected chi connectivity index (χ4v) is 0.273. The molecule has 0 aliphatic rings. The molecule has 0 aliphatic carbocycles. The summed E-state index contributed by atoms with van der Waals surface area (Å²) in [6.07, 6.45) is 0. The zero-order chi connectivity index (χ0) is 7.28. The van der Waals surface area contributed by atoms with Gasteiger partial charge in [-0.2, -0.15) is 0 Å². The Balaban J connectivity index is 3.39. The summed E-state index contributed by atoms with van der Waals surface area (Å²) in [5, 5.41) is 2.19. The molecule has 0 spiro atoms. The standard InChI is InChI=1S/C4H9N3O2/c5-1-2-7-4(9)3(6)8/h1-2,5H2,(H2,6,8)(H,7,9). The van der Waals surface area contributed by atoms with Crippen LogP contribution in [-0.4, -0.2) is 24.9 Å². The van der Waals surface area contributed by atoms with Gasteiger partial charge in [0.2, 0.25) is 0 Å². The first-order valence-electron chi connectivity index (χ1n) is 2.46. The van der Waals surface area contributed by atoms with Crippen LogP contribution in [0, 0.1) is 0 Å². The number of hydrogen-bond acceptors (Lipinski definition) is 3. The van der Waals surface area contributed by atoms with Gasteiger partial charge in [-0.1, -0.05) is 0 Å². The monoisotopic (exact) mass is 131 g/mol. The molecule has 2 amide bonds. The topological polar surface area (TPSA) is 98.2 Å². The van der Waals surface area contributed by atoms with Crippen molar-refractivity contribution in [3.05, 3.63) is 0 Å². The molecule has 5 nitrogen and oxygen atoms in total. The largest absolute Gasteiger partial charge is 0.361 e. The lowest BCUT2D eigenvalue weighted by Gasteiger charge is -1.96. The van der Waals surface area contributed by atoms with Crippen LogP contribution in [0.2, 0.25) is 0 Å². The second-order valence-corrected chi connectivity index (χ2v) is 1.41.